The molecule has 1 heterocycles. The summed E-state index contributed by atoms with van der Waals surface area (Å²) in [5.41, 5.74) is 2.04. The lowest BCUT2D eigenvalue weighted by molar-refractivity contribution is 0.102. The van der Waals surface area contributed by atoms with E-state index < -0.39 is 0 Å². The zero-order chi connectivity index (χ0) is 13.1. The van der Waals surface area contributed by atoms with Gasteiger partial charge in [-0.25, -0.2) is 0 Å². The maximum Gasteiger partial charge on any atom is 0.274 e. The summed E-state index contributed by atoms with van der Waals surface area (Å²) in [7, 11) is 1.56. The molecule has 1 aromatic carbocycles. The number of hydrogen-bond acceptors (Lipinski definition) is 3. The topological polar surface area (TPSA) is 67.0 Å². The molecule has 1 amide bonds. The van der Waals surface area contributed by atoms with Crippen LogP contribution in [0.4, 0.5) is 5.69 Å². The molecule has 0 saturated heterocycles. The van der Waals surface area contributed by atoms with E-state index in [2.05, 4.69) is 31.4 Å². The van der Waals surface area contributed by atoms with Crippen LogP contribution < -0.4 is 10.1 Å². The Balaban J connectivity index is 2.27. The van der Waals surface area contributed by atoms with Crippen LogP contribution in [0.1, 0.15) is 16.1 Å². The first-order valence-corrected chi connectivity index (χ1v) is 6.06. The van der Waals surface area contributed by atoms with Gasteiger partial charge >= 0.3 is 0 Å². The number of hydrogen-bond donors (Lipinski definition) is 2. The van der Waals surface area contributed by atoms with Crippen molar-refractivity contribution in [2.24, 2.45) is 0 Å². The molecule has 1 aromatic heterocycles. The van der Waals surface area contributed by atoms with Crippen LogP contribution in [0.25, 0.3) is 0 Å². The van der Waals surface area contributed by atoms with E-state index >= 15 is 0 Å². The molecule has 0 aliphatic rings. The zero-order valence-corrected chi connectivity index (χ0v) is 11.5. The van der Waals surface area contributed by atoms with Crippen molar-refractivity contribution in [1.29, 1.82) is 0 Å². The van der Waals surface area contributed by atoms with Gasteiger partial charge in [-0.15, -0.1) is 0 Å². The minimum atomic E-state index is -0.275. The van der Waals surface area contributed by atoms with Crippen molar-refractivity contribution in [3.05, 3.63) is 40.1 Å². The van der Waals surface area contributed by atoms with Crippen LogP contribution in [0, 0.1) is 6.92 Å². The molecule has 0 bridgehead atoms. The Labute approximate surface area is 113 Å². The highest BCUT2D eigenvalue weighted by Gasteiger charge is 2.14. The highest BCUT2D eigenvalue weighted by Crippen LogP contribution is 2.26. The standard InChI is InChI=1S/C12H12BrN3O2/c1-7-3-4-10(18-2)9(5-7)15-12(17)11-8(13)6-14-16-11/h3-6H,1-2H3,(H,14,16)(H,15,17). The molecule has 18 heavy (non-hydrogen) atoms. The molecule has 0 aliphatic carbocycles. The summed E-state index contributed by atoms with van der Waals surface area (Å²) >= 11 is 3.24. The first-order valence-electron chi connectivity index (χ1n) is 5.26. The number of anilines is 1. The van der Waals surface area contributed by atoms with Crippen LogP contribution in [-0.4, -0.2) is 23.2 Å². The number of carbonyl (C=O) groups is 1. The van der Waals surface area contributed by atoms with Crippen molar-refractivity contribution in [2.75, 3.05) is 12.4 Å². The molecule has 2 rings (SSSR count). The summed E-state index contributed by atoms with van der Waals surface area (Å²) in [5, 5.41) is 9.19. The Morgan fingerprint density at radius 2 is 2.28 bits per heavy atom. The number of benzene rings is 1. The average molecular weight is 310 g/mol. The first-order chi connectivity index (χ1) is 8.61. The molecule has 2 aromatic rings. The molecule has 0 aliphatic heterocycles. The Morgan fingerprint density at radius 1 is 1.50 bits per heavy atom. The number of halogens is 1. The van der Waals surface area contributed by atoms with Crippen LogP contribution in [0.2, 0.25) is 0 Å². The predicted molar refractivity (Wildman–Crippen MR) is 72.0 cm³/mol. The van der Waals surface area contributed by atoms with Gasteiger partial charge in [-0.3, -0.25) is 9.89 Å². The summed E-state index contributed by atoms with van der Waals surface area (Å²) in [5.74, 6) is 0.341. The van der Waals surface area contributed by atoms with Gasteiger partial charge in [0.15, 0.2) is 0 Å². The Bertz CT molecular complexity index is 580. The minimum Gasteiger partial charge on any atom is -0.495 e. The minimum absolute atomic E-state index is 0.275. The number of nitrogens with one attached hydrogen (secondary N) is 2. The van der Waals surface area contributed by atoms with Crippen molar-refractivity contribution in [3.8, 4) is 5.75 Å². The molecule has 6 heteroatoms. The van der Waals surface area contributed by atoms with E-state index in [4.69, 9.17) is 4.74 Å². The molecule has 0 saturated carbocycles. The number of aromatic nitrogens is 2. The average Bonchev–Trinajstić information content (AvgIpc) is 2.76. The van der Waals surface area contributed by atoms with E-state index in [1.807, 2.05) is 25.1 Å². The van der Waals surface area contributed by atoms with Gasteiger partial charge in [0.25, 0.3) is 5.91 Å². The molecular formula is C12H12BrN3O2. The molecule has 5 nitrogen and oxygen atoms in total. The van der Waals surface area contributed by atoms with Gasteiger partial charge in [-0.05, 0) is 40.5 Å². The molecule has 0 radical (unpaired) electrons. The van der Waals surface area contributed by atoms with Crippen molar-refractivity contribution >= 4 is 27.5 Å². The van der Waals surface area contributed by atoms with E-state index in [1.54, 1.807) is 7.11 Å². The van der Waals surface area contributed by atoms with Gasteiger partial charge in [0.05, 0.1) is 23.5 Å². The SMILES string of the molecule is COc1ccc(C)cc1NC(=O)c1[nH]ncc1Br. The number of amides is 1. The third-order valence-electron chi connectivity index (χ3n) is 2.42. The van der Waals surface area contributed by atoms with Gasteiger partial charge in [-0.2, -0.15) is 5.10 Å². The number of carbonyl (C=O) groups excluding carboxylic acids is 1. The molecule has 0 fully saturated rings. The largest absolute Gasteiger partial charge is 0.495 e. The van der Waals surface area contributed by atoms with E-state index in [0.717, 1.165) is 5.56 Å². The van der Waals surface area contributed by atoms with E-state index in [1.165, 1.54) is 6.20 Å². The fourth-order valence-corrected chi connectivity index (χ4v) is 1.91. The zero-order valence-electron chi connectivity index (χ0n) is 9.95. The summed E-state index contributed by atoms with van der Waals surface area (Å²) in [4.78, 5) is 12.0. The Kier molecular flexibility index (Phi) is 3.66. The number of aryl methyl sites for hydroxylation is 1. The van der Waals surface area contributed by atoms with Crippen LogP contribution in [0.15, 0.2) is 28.9 Å². The second-order valence-electron chi connectivity index (χ2n) is 3.75. The van der Waals surface area contributed by atoms with Crippen molar-refractivity contribution in [1.82, 2.24) is 10.2 Å². The third kappa shape index (κ3) is 2.53. The van der Waals surface area contributed by atoms with Gasteiger partial charge in [-0.1, -0.05) is 6.07 Å². The van der Waals surface area contributed by atoms with Gasteiger partial charge in [0.2, 0.25) is 0 Å². The highest BCUT2D eigenvalue weighted by atomic mass is 79.9. The normalized spacial score (nSPS) is 10.2. The first kappa shape index (κ1) is 12.6. The summed E-state index contributed by atoms with van der Waals surface area (Å²) in [6, 6.07) is 5.58. The van der Waals surface area contributed by atoms with Gasteiger partial charge in [0, 0.05) is 0 Å². The molecule has 94 valence electrons. The fraction of sp³-hybridized carbons (Fsp3) is 0.167. The van der Waals surface area contributed by atoms with Crippen LogP contribution in [0.5, 0.6) is 5.75 Å². The van der Waals surface area contributed by atoms with E-state index in [-0.39, 0.29) is 5.91 Å². The monoisotopic (exact) mass is 309 g/mol. The lowest BCUT2D eigenvalue weighted by Gasteiger charge is -2.10. The van der Waals surface area contributed by atoms with Crippen LogP contribution in [-0.2, 0) is 0 Å². The van der Waals surface area contributed by atoms with E-state index in [0.29, 0.717) is 21.6 Å². The molecule has 2 N–H and O–H groups in total. The third-order valence-corrected chi connectivity index (χ3v) is 3.02. The lowest BCUT2D eigenvalue weighted by atomic mass is 10.2. The molecule has 0 atom stereocenters. The Morgan fingerprint density at radius 3 is 2.89 bits per heavy atom. The molecular weight excluding hydrogens is 298 g/mol. The number of ether oxygens (including phenoxy) is 1. The quantitative estimate of drug-likeness (QED) is 0.916. The second-order valence-corrected chi connectivity index (χ2v) is 4.61. The van der Waals surface area contributed by atoms with Crippen LogP contribution in [0.3, 0.4) is 0 Å². The highest BCUT2D eigenvalue weighted by molar-refractivity contribution is 9.10. The maximum atomic E-state index is 12.0. The molecule has 0 spiro atoms. The maximum absolute atomic E-state index is 12.0. The lowest BCUT2D eigenvalue weighted by Crippen LogP contribution is -2.13. The number of methoxy groups -OCH3 is 1. The summed E-state index contributed by atoms with van der Waals surface area (Å²) in [6.07, 6.45) is 1.53. The number of aromatic amines is 1. The summed E-state index contributed by atoms with van der Waals surface area (Å²) < 4.78 is 5.81. The number of H-pyrrole nitrogens is 1. The van der Waals surface area contributed by atoms with Gasteiger partial charge in [0.1, 0.15) is 11.4 Å². The Hall–Kier alpha value is -1.82. The number of nitrogens with zero attached hydrogens (tertiary/aromatic N) is 1. The van der Waals surface area contributed by atoms with Crippen molar-refractivity contribution in [3.63, 3.8) is 0 Å². The fourth-order valence-electron chi connectivity index (χ4n) is 1.54. The van der Waals surface area contributed by atoms with Crippen molar-refractivity contribution < 1.29 is 9.53 Å². The van der Waals surface area contributed by atoms with Gasteiger partial charge < -0.3 is 10.1 Å². The number of rotatable bonds is 3. The van der Waals surface area contributed by atoms with E-state index in [9.17, 15) is 4.79 Å². The van der Waals surface area contributed by atoms with Crippen LogP contribution >= 0.6 is 15.9 Å². The smallest absolute Gasteiger partial charge is 0.274 e. The predicted octanol–water partition coefficient (Wildman–Crippen LogP) is 2.74. The van der Waals surface area contributed by atoms with Crippen molar-refractivity contribution in [2.45, 2.75) is 6.92 Å². The molecule has 0 unspecified atom stereocenters. The summed E-state index contributed by atoms with van der Waals surface area (Å²) in [6.45, 7) is 1.95. The second kappa shape index (κ2) is 5.22.